The van der Waals surface area contributed by atoms with Gasteiger partial charge in [0.25, 0.3) is 0 Å². The molecule has 0 aromatic rings. The monoisotopic (exact) mass is 167 g/mol. The smallest absolute Gasteiger partial charge is 0.0347 e. The number of hydrogen-bond acceptors (Lipinski definition) is 1. The topological polar surface area (TPSA) is 12.4 Å². The molecule has 0 atom stereocenters. The minimum absolute atomic E-state index is 0.591. The molecule has 0 saturated heterocycles. The zero-order valence-corrected chi connectivity index (χ0v) is 9.23. The Morgan fingerprint density at radius 3 is 2.00 bits per heavy atom. The molecule has 0 rings (SSSR count). The molecule has 0 N–H and O–H groups in total. The van der Waals surface area contributed by atoms with Gasteiger partial charge in [-0.15, -0.1) is 0 Å². The second-order valence-electron chi connectivity index (χ2n) is 3.51. The Morgan fingerprint density at radius 2 is 1.75 bits per heavy atom. The van der Waals surface area contributed by atoms with Crippen molar-refractivity contribution < 1.29 is 0 Å². The van der Waals surface area contributed by atoms with Crippen LogP contribution in [0.25, 0.3) is 0 Å². The zero-order valence-electron chi connectivity index (χ0n) is 9.23. The molecular formula is C11H21N. The summed E-state index contributed by atoms with van der Waals surface area (Å²) in [6.07, 6.45) is 1.13. The first-order valence-corrected chi connectivity index (χ1v) is 4.67. The van der Waals surface area contributed by atoms with Crippen LogP contribution in [-0.4, -0.2) is 12.8 Å². The summed E-state index contributed by atoms with van der Waals surface area (Å²) in [6, 6.07) is 0. The van der Waals surface area contributed by atoms with Crippen molar-refractivity contribution in [2.45, 2.75) is 41.0 Å². The van der Waals surface area contributed by atoms with Gasteiger partial charge in [-0.25, -0.2) is 0 Å². The Bertz CT molecular complexity index is 197. The first-order chi connectivity index (χ1) is 5.54. The van der Waals surface area contributed by atoms with E-state index in [0.29, 0.717) is 5.92 Å². The van der Waals surface area contributed by atoms with Gasteiger partial charge in [-0.3, -0.25) is 4.99 Å². The van der Waals surface area contributed by atoms with Crippen molar-refractivity contribution in [2.75, 3.05) is 7.05 Å². The Balaban J connectivity index is 4.92. The SMILES string of the molecule is CC/C(C)=C(/C(C)=N\C)C(C)C. The minimum Gasteiger partial charge on any atom is -0.293 e. The van der Waals surface area contributed by atoms with Crippen LogP contribution < -0.4 is 0 Å². The van der Waals surface area contributed by atoms with Gasteiger partial charge >= 0.3 is 0 Å². The van der Waals surface area contributed by atoms with Crippen molar-refractivity contribution in [3.8, 4) is 0 Å². The molecule has 0 aliphatic heterocycles. The average molecular weight is 167 g/mol. The van der Waals surface area contributed by atoms with E-state index < -0.39 is 0 Å². The standard InChI is InChI=1S/C11H21N/c1-7-9(4)11(8(2)3)10(5)12-6/h8H,7H2,1-6H3/b11-9+,12-10-. The number of hydrogen-bond donors (Lipinski definition) is 0. The van der Waals surface area contributed by atoms with Crippen molar-refractivity contribution >= 4 is 5.71 Å². The first-order valence-electron chi connectivity index (χ1n) is 4.67. The van der Waals surface area contributed by atoms with Crippen molar-refractivity contribution in [1.82, 2.24) is 0 Å². The highest BCUT2D eigenvalue weighted by atomic mass is 14.7. The average Bonchev–Trinajstić information content (AvgIpc) is 2.03. The highest BCUT2D eigenvalue weighted by Crippen LogP contribution is 2.18. The summed E-state index contributed by atoms with van der Waals surface area (Å²) in [6.45, 7) is 10.9. The molecule has 70 valence electrons. The Labute approximate surface area is 76.6 Å². The molecule has 0 saturated carbocycles. The van der Waals surface area contributed by atoms with E-state index in [-0.39, 0.29) is 0 Å². The lowest BCUT2D eigenvalue weighted by Gasteiger charge is -2.14. The molecule has 0 spiro atoms. The number of aliphatic imine (C=N–C) groups is 1. The largest absolute Gasteiger partial charge is 0.293 e. The summed E-state index contributed by atoms with van der Waals surface area (Å²) >= 11 is 0. The third-order valence-corrected chi connectivity index (χ3v) is 2.29. The lowest BCUT2D eigenvalue weighted by atomic mass is 9.93. The quantitative estimate of drug-likeness (QED) is 0.571. The van der Waals surface area contributed by atoms with Crippen LogP contribution in [0, 0.1) is 5.92 Å². The van der Waals surface area contributed by atoms with Gasteiger partial charge in [0.1, 0.15) is 0 Å². The highest BCUT2D eigenvalue weighted by Gasteiger charge is 2.08. The predicted molar refractivity (Wildman–Crippen MR) is 56.9 cm³/mol. The van der Waals surface area contributed by atoms with Crippen LogP contribution >= 0.6 is 0 Å². The fraction of sp³-hybridized carbons (Fsp3) is 0.727. The van der Waals surface area contributed by atoms with Gasteiger partial charge in [0, 0.05) is 12.8 Å². The second kappa shape index (κ2) is 5.13. The van der Waals surface area contributed by atoms with E-state index in [1.54, 1.807) is 0 Å². The van der Waals surface area contributed by atoms with Crippen LogP contribution in [0.3, 0.4) is 0 Å². The molecular weight excluding hydrogens is 146 g/mol. The Morgan fingerprint density at radius 1 is 1.25 bits per heavy atom. The Kier molecular flexibility index (Phi) is 4.87. The molecule has 0 aromatic carbocycles. The predicted octanol–water partition coefficient (Wildman–Crippen LogP) is 3.46. The molecule has 0 aliphatic carbocycles. The van der Waals surface area contributed by atoms with Crippen LogP contribution in [0.2, 0.25) is 0 Å². The summed E-state index contributed by atoms with van der Waals surface area (Å²) in [5.41, 5.74) is 4.08. The van der Waals surface area contributed by atoms with E-state index in [0.717, 1.165) is 6.42 Å². The Hall–Kier alpha value is -0.590. The summed E-state index contributed by atoms with van der Waals surface area (Å²) in [5.74, 6) is 0.591. The number of nitrogens with zero attached hydrogens (tertiary/aromatic N) is 1. The fourth-order valence-corrected chi connectivity index (χ4v) is 1.53. The van der Waals surface area contributed by atoms with E-state index in [9.17, 15) is 0 Å². The number of allylic oxidation sites excluding steroid dienone is 2. The van der Waals surface area contributed by atoms with Gasteiger partial charge in [0.15, 0.2) is 0 Å². The number of rotatable bonds is 3. The van der Waals surface area contributed by atoms with Gasteiger partial charge < -0.3 is 0 Å². The summed E-state index contributed by atoms with van der Waals surface area (Å²) in [5, 5.41) is 0. The molecule has 1 heteroatoms. The highest BCUT2D eigenvalue weighted by molar-refractivity contribution is 5.99. The van der Waals surface area contributed by atoms with Crippen LogP contribution in [0.15, 0.2) is 16.1 Å². The summed E-state index contributed by atoms with van der Waals surface area (Å²) in [7, 11) is 1.86. The third-order valence-electron chi connectivity index (χ3n) is 2.29. The van der Waals surface area contributed by atoms with E-state index in [1.807, 2.05) is 7.05 Å². The molecule has 0 fully saturated rings. The molecule has 0 unspecified atom stereocenters. The van der Waals surface area contributed by atoms with Crippen molar-refractivity contribution in [3.63, 3.8) is 0 Å². The minimum atomic E-state index is 0.591. The van der Waals surface area contributed by atoms with Crippen LogP contribution in [-0.2, 0) is 0 Å². The second-order valence-corrected chi connectivity index (χ2v) is 3.51. The maximum absolute atomic E-state index is 4.24. The maximum atomic E-state index is 4.24. The van der Waals surface area contributed by atoms with E-state index in [2.05, 4.69) is 39.6 Å². The first kappa shape index (κ1) is 11.4. The zero-order chi connectivity index (χ0) is 9.72. The van der Waals surface area contributed by atoms with Gasteiger partial charge in [0.05, 0.1) is 0 Å². The molecule has 0 heterocycles. The fourth-order valence-electron chi connectivity index (χ4n) is 1.53. The van der Waals surface area contributed by atoms with Crippen LogP contribution in [0.5, 0.6) is 0 Å². The summed E-state index contributed by atoms with van der Waals surface area (Å²) in [4.78, 5) is 4.24. The molecule has 0 aliphatic rings. The molecule has 12 heavy (non-hydrogen) atoms. The van der Waals surface area contributed by atoms with Crippen LogP contribution in [0.1, 0.15) is 41.0 Å². The van der Waals surface area contributed by atoms with Crippen molar-refractivity contribution in [1.29, 1.82) is 0 Å². The van der Waals surface area contributed by atoms with E-state index in [1.165, 1.54) is 16.9 Å². The van der Waals surface area contributed by atoms with Crippen molar-refractivity contribution in [2.24, 2.45) is 10.9 Å². The van der Waals surface area contributed by atoms with Gasteiger partial charge in [-0.1, -0.05) is 26.3 Å². The van der Waals surface area contributed by atoms with Gasteiger partial charge in [-0.05, 0) is 31.8 Å². The van der Waals surface area contributed by atoms with Gasteiger partial charge in [0.2, 0.25) is 0 Å². The molecule has 0 aromatic heterocycles. The van der Waals surface area contributed by atoms with E-state index in [4.69, 9.17) is 0 Å². The molecule has 0 bridgehead atoms. The normalized spacial score (nSPS) is 15.1. The maximum Gasteiger partial charge on any atom is 0.0347 e. The van der Waals surface area contributed by atoms with Crippen LogP contribution in [0.4, 0.5) is 0 Å². The molecule has 0 amide bonds. The van der Waals surface area contributed by atoms with E-state index >= 15 is 0 Å². The van der Waals surface area contributed by atoms with Gasteiger partial charge in [-0.2, -0.15) is 0 Å². The molecule has 0 radical (unpaired) electrons. The lowest BCUT2D eigenvalue weighted by molar-refractivity contribution is 0.781. The summed E-state index contributed by atoms with van der Waals surface area (Å²) < 4.78 is 0. The van der Waals surface area contributed by atoms with Crippen molar-refractivity contribution in [3.05, 3.63) is 11.1 Å². The lowest BCUT2D eigenvalue weighted by Crippen LogP contribution is -2.07. The molecule has 1 nitrogen and oxygen atoms in total. The third kappa shape index (κ3) is 2.80.